The van der Waals surface area contributed by atoms with Gasteiger partial charge in [0.15, 0.2) is 0 Å². The molecule has 0 nitrogen and oxygen atoms in total. The Labute approximate surface area is 56.2 Å². The molecule has 0 aromatic rings. The number of halogens is 1. The molecule has 48 valence electrons. The van der Waals surface area contributed by atoms with Gasteiger partial charge in [0.05, 0.1) is 0 Å². The minimum atomic E-state index is 0.0903. The Kier molecular flexibility index (Phi) is 1.13. The van der Waals surface area contributed by atoms with Crippen LogP contribution in [0.25, 0.3) is 0 Å². The molecular weight excluding hydrogens is 120 g/mol. The van der Waals surface area contributed by atoms with Crippen molar-refractivity contribution in [3.05, 3.63) is 0 Å². The van der Waals surface area contributed by atoms with Gasteiger partial charge in [-0.3, -0.25) is 0 Å². The quantitative estimate of drug-likeness (QED) is 0.445. The van der Waals surface area contributed by atoms with E-state index in [2.05, 4.69) is 20.8 Å². The van der Waals surface area contributed by atoms with Crippen LogP contribution in [-0.4, -0.2) is 4.87 Å². The summed E-state index contributed by atoms with van der Waals surface area (Å²) < 4.78 is 0. The second kappa shape index (κ2) is 1.41. The Morgan fingerprint density at radius 1 is 1.12 bits per heavy atom. The highest BCUT2D eigenvalue weighted by Gasteiger charge is 2.47. The van der Waals surface area contributed by atoms with Gasteiger partial charge >= 0.3 is 0 Å². The third-order valence-electron chi connectivity index (χ3n) is 2.63. The maximum atomic E-state index is 6.10. The summed E-state index contributed by atoms with van der Waals surface area (Å²) in [6.45, 7) is 6.57. The SMILES string of the molecule is CC1(C)CCC1(C)Cl. The van der Waals surface area contributed by atoms with E-state index < -0.39 is 0 Å². The van der Waals surface area contributed by atoms with Gasteiger partial charge in [-0.1, -0.05) is 13.8 Å². The van der Waals surface area contributed by atoms with Crippen molar-refractivity contribution in [2.24, 2.45) is 5.41 Å². The Bertz CT molecular complexity index is 89.0. The van der Waals surface area contributed by atoms with Crippen LogP contribution in [0.2, 0.25) is 0 Å². The number of hydrogen-bond acceptors (Lipinski definition) is 0. The van der Waals surface area contributed by atoms with Crippen molar-refractivity contribution in [1.82, 2.24) is 0 Å². The molecule has 0 N–H and O–H groups in total. The molecule has 1 aliphatic carbocycles. The molecule has 1 atom stereocenters. The van der Waals surface area contributed by atoms with E-state index in [-0.39, 0.29) is 4.87 Å². The lowest BCUT2D eigenvalue weighted by atomic mass is 9.63. The van der Waals surface area contributed by atoms with Crippen molar-refractivity contribution in [3.8, 4) is 0 Å². The molecule has 0 aromatic carbocycles. The molecule has 0 aromatic heterocycles. The van der Waals surface area contributed by atoms with Crippen LogP contribution in [0.1, 0.15) is 33.6 Å². The van der Waals surface area contributed by atoms with Crippen molar-refractivity contribution >= 4 is 11.6 Å². The van der Waals surface area contributed by atoms with Gasteiger partial charge in [-0.25, -0.2) is 0 Å². The fourth-order valence-electron chi connectivity index (χ4n) is 0.969. The molecule has 0 aliphatic heterocycles. The van der Waals surface area contributed by atoms with E-state index in [0.29, 0.717) is 5.41 Å². The molecule has 0 amide bonds. The van der Waals surface area contributed by atoms with Crippen LogP contribution in [0.15, 0.2) is 0 Å². The average molecular weight is 133 g/mol. The van der Waals surface area contributed by atoms with E-state index in [0.717, 1.165) is 0 Å². The van der Waals surface area contributed by atoms with Crippen molar-refractivity contribution in [2.75, 3.05) is 0 Å². The number of hydrogen-bond donors (Lipinski definition) is 0. The van der Waals surface area contributed by atoms with Crippen molar-refractivity contribution in [2.45, 2.75) is 38.5 Å². The molecule has 1 heteroatoms. The zero-order valence-corrected chi connectivity index (χ0v) is 6.55. The van der Waals surface area contributed by atoms with Crippen LogP contribution in [0, 0.1) is 5.41 Å². The van der Waals surface area contributed by atoms with Crippen molar-refractivity contribution in [1.29, 1.82) is 0 Å². The molecule has 1 saturated carbocycles. The molecule has 0 heterocycles. The second-order valence-corrected chi connectivity index (χ2v) is 4.42. The number of alkyl halides is 1. The first-order chi connectivity index (χ1) is 3.46. The fraction of sp³-hybridized carbons (Fsp3) is 1.00. The Morgan fingerprint density at radius 3 is 1.50 bits per heavy atom. The van der Waals surface area contributed by atoms with Crippen LogP contribution in [0.3, 0.4) is 0 Å². The van der Waals surface area contributed by atoms with Gasteiger partial charge in [-0.05, 0) is 25.2 Å². The maximum Gasteiger partial charge on any atom is 0.0469 e. The maximum absolute atomic E-state index is 6.10. The number of rotatable bonds is 0. The van der Waals surface area contributed by atoms with Crippen molar-refractivity contribution in [3.63, 3.8) is 0 Å². The van der Waals surface area contributed by atoms with E-state index in [4.69, 9.17) is 11.6 Å². The van der Waals surface area contributed by atoms with Crippen LogP contribution in [0.5, 0.6) is 0 Å². The highest BCUT2D eigenvalue weighted by atomic mass is 35.5. The summed E-state index contributed by atoms with van der Waals surface area (Å²) in [5.74, 6) is 0. The molecule has 0 bridgehead atoms. The van der Waals surface area contributed by atoms with E-state index in [9.17, 15) is 0 Å². The standard InChI is InChI=1S/C7H13Cl/c1-6(2)4-5-7(6,3)8/h4-5H2,1-3H3. The summed E-state index contributed by atoms with van der Waals surface area (Å²) in [6.07, 6.45) is 2.47. The molecule has 1 unspecified atom stereocenters. The third-order valence-corrected chi connectivity index (χ3v) is 3.33. The monoisotopic (exact) mass is 132 g/mol. The lowest BCUT2D eigenvalue weighted by molar-refractivity contribution is 0.117. The molecule has 0 radical (unpaired) electrons. The van der Waals surface area contributed by atoms with Gasteiger partial charge in [0, 0.05) is 4.87 Å². The van der Waals surface area contributed by atoms with E-state index in [1.807, 2.05) is 0 Å². The van der Waals surface area contributed by atoms with Gasteiger partial charge in [0.2, 0.25) is 0 Å². The molecule has 1 fully saturated rings. The van der Waals surface area contributed by atoms with Crippen LogP contribution in [-0.2, 0) is 0 Å². The van der Waals surface area contributed by atoms with Crippen molar-refractivity contribution < 1.29 is 0 Å². The van der Waals surface area contributed by atoms with Gasteiger partial charge in [0.25, 0.3) is 0 Å². The summed E-state index contributed by atoms with van der Waals surface area (Å²) in [6, 6.07) is 0. The van der Waals surface area contributed by atoms with E-state index in [1.54, 1.807) is 0 Å². The highest BCUT2D eigenvalue weighted by molar-refractivity contribution is 6.24. The fourth-order valence-corrected chi connectivity index (χ4v) is 1.16. The predicted molar refractivity (Wildman–Crippen MR) is 37.3 cm³/mol. The molecular formula is C7H13Cl. The first kappa shape index (κ1) is 6.41. The topological polar surface area (TPSA) is 0 Å². The van der Waals surface area contributed by atoms with Crippen LogP contribution >= 0.6 is 11.6 Å². The van der Waals surface area contributed by atoms with Crippen LogP contribution in [0.4, 0.5) is 0 Å². The second-order valence-electron chi connectivity index (χ2n) is 3.58. The van der Waals surface area contributed by atoms with Gasteiger partial charge in [-0.2, -0.15) is 0 Å². The summed E-state index contributed by atoms with van der Waals surface area (Å²) in [4.78, 5) is 0.0903. The Balaban J connectivity index is 2.63. The van der Waals surface area contributed by atoms with Gasteiger partial charge in [0.1, 0.15) is 0 Å². The van der Waals surface area contributed by atoms with E-state index in [1.165, 1.54) is 12.8 Å². The molecule has 1 rings (SSSR count). The normalized spacial score (nSPS) is 43.5. The minimum absolute atomic E-state index is 0.0903. The van der Waals surface area contributed by atoms with Gasteiger partial charge < -0.3 is 0 Å². The molecule has 1 aliphatic rings. The first-order valence-electron chi connectivity index (χ1n) is 3.15. The van der Waals surface area contributed by atoms with Crippen LogP contribution < -0.4 is 0 Å². The smallest absolute Gasteiger partial charge is 0.0469 e. The summed E-state index contributed by atoms with van der Waals surface area (Å²) in [5, 5.41) is 0. The zero-order chi connectivity index (χ0) is 6.41. The predicted octanol–water partition coefficient (Wildman–Crippen LogP) is 2.80. The summed E-state index contributed by atoms with van der Waals surface area (Å²) in [7, 11) is 0. The van der Waals surface area contributed by atoms with E-state index >= 15 is 0 Å². The Morgan fingerprint density at radius 2 is 1.50 bits per heavy atom. The minimum Gasteiger partial charge on any atom is -0.119 e. The summed E-state index contributed by atoms with van der Waals surface area (Å²) >= 11 is 6.10. The highest BCUT2D eigenvalue weighted by Crippen LogP contribution is 2.53. The zero-order valence-electron chi connectivity index (χ0n) is 5.79. The molecule has 0 saturated heterocycles. The lowest BCUT2D eigenvalue weighted by Gasteiger charge is -2.49. The first-order valence-corrected chi connectivity index (χ1v) is 3.52. The average Bonchev–Trinajstić information content (AvgIpc) is 1.64. The third kappa shape index (κ3) is 0.663. The van der Waals surface area contributed by atoms with Gasteiger partial charge in [-0.15, -0.1) is 11.6 Å². The lowest BCUT2D eigenvalue weighted by Crippen LogP contribution is -2.46. The molecule has 8 heavy (non-hydrogen) atoms. The largest absolute Gasteiger partial charge is 0.119 e. The molecule has 0 spiro atoms. The summed E-state index contributed by atoms with van der Waals surface area (Å²) in [5.41, 5.74) is 0.383. The Hall–Kier alpha value is 0.290.